The molecule has 20 heavy (non-hydrogen) atoms. The first-order valence-corrected chi connectivity index (χ1v) is 8.07. The average molecular weight is 297 g/mol. The number of anilines is 1. The highest BCUT2D eigenvalue weighted by Crippen LogP contribution is 2.24. The van der Waals surface area contributed by atoms with Crippen molar-refractivity contribution in [2.75, 3.05) is 38.2 Å². The first-order chi connectivity index (χ1) is 9.63. The lowest BCUT2D eigenvalue weighted by atomic mass is 10.1. The summed E-state index contributed by atoms with van der Waals surface area (Å²) in [6.45, 7) is 7.54. The van der Waals surface area contributed by atoms with Crippen molar-refractivity contribution in [1.82, 2.24) is 9.88 Å². The number of ether oxygens (including phenoxy) is 1. The maximum atomic E-state index is 11.5. The first kappa shape index (κ1) is 15.3. The molecule has 1 atom stereocenters. The highest BCUT2D eigenvalue weighted by molar-refractivity contribution is 7.13. The molecule has 1 aliphatic heterocycles. The summed E-state index contributed by atoms with van der Waals surface area (Å²) in [5, 5.41) is 2.99. The summed E-state index contributed by atoms with van der Waals surface area (Å²) in [4.78, 5) is 20.8. The predicted octanol–water partition coefficient (Wildman–Crippen LogP) is 1.78. The van der Waals surface area contributed by atoms with Gasteiger partial charge < -0.3 is 9.64 Å². The van der Waals surface area contributed by atoms with E-state index in [0.29, 0.717) is 12.6 Å². The van der Waals surface area contributed by atoms with Crippen LogP contribution in [0.5, 0.6) is 0 Å². The molecule has 6 heteroatoms. The number of aromatic nitrogens is 1. The van der Waals surface area contributed by atoms with Crippen LogP contribution in [-0.4, -0.2) is 55.2 Å². The van der Waals surface area contributed by atoms with Gasteiger partial charge in [0.1, 0.15) is 0 Å². The fourth-order valence-electron chi connectivity index (χ4n) is 2.44. The van der Waals surface area contributed by atoms with E-state index in [9.17, 15) is 4.79 Å². The summed E-state index contributed by atoms with van der Waals surface area (Å²) in [5.74, 6) is -0.200. The summed E-state index contributed by atoms with van der Waals surface area (Å²) < 4.78 is 4.95. The monoisotopic (exact) mass is 297 g/mol. The van der Waals surface area contributed by atoms with Gasteiger partial charge in [0.05, 0.1) is 18.7 Å². The van der Waals surface area contributed by atoms with Crippen LogP contribution in [0.4, 0.5) is 5.13 Å². The van der Waals surface area contributed by atoms with E-state index in [2.05, 4.69) is 28.8 Å². The van der Waals surface area contributed by atoms with Crippen molar-refractivity contribution in [2.24, 2.45) is 0 Å². The molecule has 1 unspecified atom stereocenters. The van der Waals surface area contributed by atoms with Crippen molar-refractivity contribution in [3.63, 3.8) is 0 Å². The second-order valence-corrected chi connectivity index (χ2v) is 5.93. The van der Waals surface area contributed by atoms with Crippen LogP contribution in [0.3, 0.4) is 0 Å². The molecule has 0 aliphatic carbocycles. The zero-order valence-electron chi connectivity index (χ0n) is 12.5. The molecule has 0 saturated carbocycles. The van der Waals surface area contributed by atoms with Gasteiger partial charge in [0.2, 0.25) is 0 Å². The molecular formula is C14H23N3O2S. The molecule has 0 radical (unpaired) electrons. The molecule has 112 valence electrons. The third-order valence-corrected chi connectivity index (χ3v) is 4.64. The van der Waals surface area contributed by atoms with E-state index < -0.39 is 0 Å². The summed E-state index contributed by atoms with van der Waals surface area (Å²) in [6, 6.07) is 0.584. The topological polar surface area (TPSA) is 45.7 Å². The molecular weight excluding hydrogens is 274 g/mol. The fraction of sp³-hybridized carbons (Fsp3) is 0.714. The Morgan fingerprint density at radius 3 is 3.00 bits per heavy atom. The third kappa shape index (κ3) is 3.70. The lowest BCUT2D eigenvalue weighted by Gasteiger charge is -2.39. The Morgan fingerprint density at radius 1 is 1.50 bits per heavy atom. The zero-order chi connectivity index (χ0) is 14.5. The van der Waals surface area contributed by atoms with Gasteiger partial charge in [-0.25, -0.2) is 4.98 Å². The van der Waals surface area contributed by atoms with Crippen molar-refractivity contribution in [1.29, 1.82) is 0 Å². The normalized spacial score (nSPS) is 20.1. The van der Waals surface area contributed by atoms with Gasteiger partial charge in [-0.2, -0.15) is 0 Å². The third-order valence-electron chi connectivity index (χ3n) is 3.69. The van der Waals surface area contributed by atoms with Crippen LogP contribution in [0.2, 0.25) is 0 Å². The van der Waals surface area contributed by atoms with Crippen molar-refractivity contribution in [2.45, 2.75) is 32.7 Å². The molecule has 2 rings (SSSR count). The highest BCUT2D eigenvalue weighted by atomic mass is 32.1. The molecule has 1 aromatic heterocycles. The van der Waals surface area contributed by atoms with Crippen LogP contribution in [-0.2, 0) is 16.0 Å². The fourth-order valence-corrected chi connectivity index (χ4v) is 3.31. The Balaban J connectivity index is 1.96. The summed E-state index contributed by atoms with van der Waals surface area (Å²) >= 11 is 1.62. The minimum absolute atomic E-state index is 0.200. The predicted molar refractivity (Wildman–Crippen MR) is 81.4 cm³/mol. The van der Waals surface area contributed by atoms with Gasteiger partial charge in [-0.15, -0.1) is 11.3 Å². The quantitative estimate of drug-likeness (QED) is 0.775. The number of carbonyl (C=O) groups excluding carboxylic acids is 1. The van der Waals surface area contributed by atoms with Crippen LogP contribution in [0.15, 0.2) is 5.38 Å². The number of thiazole rings is 1. The van der Waals surface area contributed by atoms with E-state index >= 15 is 0 Å². The number of nitrogens with zero attached hydrogens (tertiary/aromatic N) is 3. The van der Waals surface area contributed by atoms with Gasteiger partial charge in [-0.1, -0.05) is 6.92 Å². The standard InChI is InChI=1S/C14H23N3O2S/c1-4-12-9-17(7-6-16(12)3)14-15-11(10-20-14)8-13(18)19-5-2/h10,12H,4-9H2,1-3H3. The smallest absolute Gasteiger partial charge is 0.311 e. The minimum atomic E-state index is -0.200. The zero-order valence-corrected chi connectivity index (χ0v) is 13.3. The van der Waals surface area contributed by atoms with Crippen LogP contribution < -0.4 is 4.90 Å². The number of hydrogen-bond donors (Lipinski definition) is 0. The van der Waals surface area contributed by atoms with E-state index in [0.717, 1.165) is 36.9 Å². The number of rotatable bonds is 5. The molecule has 5 nitrogen and oxygen atoms in total. The summed E-state index contributed by atoms with van der Waals surface area (Å²) in [5.41, 5.74) is 0.815. The number of esters is 1. The highest BCUT2D eigenvalue weighted by Gasteiger charge is 2.24. The van der Waals surface area contributed by atoms with E-state index in [-0.39, 0.29) is 12.4 Å². The Hall–Kier alpha value is -1.14. The molecule has 1 aromatic rings. The van der Waals surface area contributed by atoms with Gasteiger partial charge in [0.15, 0.2) is 5.13 Å². The van der Waals surface area contributed by atoms with Gasteiger partial charge in [-0.05, 0) is 20.4 Å². The molecule has 0 N–H and O–H groups in total. The first-order valence-electron chi connectivity index (χ1n) is 7.19. The maximum Gasteiger partial charge on any atom is 0.311 e. The van der Waals surface area contributed by atoms with Crippen LogP contribution in [0.1, 0.15) is 26.0 Å². The Kier molecular flexibility index (Phi) is 5.37. The SMILES string of the molecule is CCOC(=O)Cc1csc(N2CCN(C)C(CC)C2)n1. The largest absolute Gasteiger partial charge is 0.466 e. The Bertz CT molecular complexity index is 449. The molecule has 0 spiro atoms. The molecule has 0 bridgehead atoms. The van der Waals surface area contributed by atoms with Crippen molar-refractivity contribution >= 4 is 22.4 Å². The van der Waals surface area contributed by atoms with E-state index in [4.69, 9.17) is 4.74 Å². The molecule has 1 fully saturated rings. The maximum absolute atomic E-state index is 11.5. The summed E-state index contributed by atoms with van der Waals surface area (Å²) in [7, 11) is 2.18. The minimum Gasteiger partial charge on any atom is -0.466 e. The van der Waals surface area contributed by atoms with Crippen molar-refractivity contribution in [3.8, 4) is 0 Å². The van der Waals surface area contributed by atoms with E-state index in [1.807, 2.05) is 12.3 Å². The molecule has 1 aliphatic rings. The summed E-state index contributed by atoms with van der Waals surface area (Å²) in [6.07, 6.45) is 1.42. The lowest BCUT2D eigenvalue weighted by Crippen LogP contribution is -2.51. The number of carbonyl (C=O) groups is 1. The van der Waals surface area contributed by atoms with Gasteiger partial charge in [0, 0.05) is 31.1 Å². The van der Waals surface area contributed by atoms with Crippen LogP contribution in [0.25, 0.3) is 0 Å². The van der Waals surface area contributed by atoms with Crippen molar-refractivity contribution < 1.29 is 9.53 Å². The van der Waals surface area contributed by atoms with Gasteiger partial charge >= 0.3 is 5.97 Å². The Morgan fingerprint density at radius 2 is 2.30 bits per heavy atom. The van der Waals surface area contributed by atoms with Gasteiger partial charge in [0.25, 0.3) is 0 Å². The van der Waals surface area contributed by atoms with Crippen LogP contribution >= 0.6 is 11.3 Å². The molecule has 0 amide bonds. The number of piperazine rings is 1. The number of likely N-dealkylation sites (N-methyl/N-ethyl adjacent to an activating group) is 1. The van der Waals surface area contributed by atoms with E-state index in [1.165, 1.54) is 0 Å². The Labute approximate surface area is 124 Å². The lowest BCUT2D eigenvalue weighted by molar-refractivity contribution is -0.142. The van der Waals surface area contributed by atoms with Crippen molar-refractivity contribution in [3.05, 3.63) is 11.1 Å². The average Bonchev–Trinajstić information content (AvgIpc) is 2.88. The van der Waals surface area contributed by atoms with E-state index in [1.54, 1.807) is 11.3 Å². The second kappa shape index (κ2) is 7.04. The molecule has 2 heterocycles. The molecule has 1 saturated heterocycles. The van der Waals surface area contributed by atoms with Crippen LogP contribution in [0, 0.1) is 0 Å². The van der Waals surface area contributed by atoms with Gasteiger partial charge in [-0.3, -0.25) is 9.69 Å². The second-order valence-electron chi connectivity index (χ2n) is 5.09. The number of hydrogen-bond acceptors (Lipinski definition) is 6. The molecule has 0 aromatic carbocycles.